The molecule has 110 valence electrons. The standard InChI is InChI=1S/C18H19F2N/c19-16-7-4-13(5-8-16)14-6-9-18(20)15(11-14)12-17-3-1-2-10-21-17/h4-9,11,17,21H,1-3,10,12H2. The van der Waals surface area contributed by atoms with Crippen LogP contribution in [0.3, 0.4) is 0 Å². The van der Waals surface area contributed by atoms with Crippen molar-refractivity contribution in [2.75, 3.05) is 6.54 Å². The lowest BCUT2D eigenvalue weighted by molar-refractivity contribution is 0.395. The minimum atomic E-state index is -0.257. The van der Waals surface area contributed by atoms with Crippen LogP contribution in [0, 0.1) is 11.6 Å². The van der Waals surface area contributed by atoms with Gasteiger partial charge in [0.25, 0.3) is 0 Å². The fraction of sp³-hybridized carbons (Fsp3) is 0.333. The average molecular weight is 287 g/mol. The van der Waals surface area contributed by atoms with Crippen LogP contribution in [-0.4, -0.2) is 12.6 Å². The number of halogens is 2. The molecule has 0 saturated carbocycles. The van der Waals surface area contributed by atoms with E-state index in [2.05, 4.69) is 5.32 Å². The van der Waals surface area contributed by atoms with Crippen LogP contribution in [0.1, 0.15) is 24.8 Å². The van der Waals surface area contributed by atoms with Crippen LogP contribution in [0.25, 0.3) is 11.1 Å². The van der Waals surface area contributed by atoms with Gasteiger partial charge in [0.05, 0.1) is 0 Å². The summed E-state index contributed by atoms with van der Waals surface area (Å²) in [5.41, 5.74) is 2.58. The summed E-state index contributed by atoms with van der Waals surface area (Å²) in [5, 5.41) is 3.45. The normalized spacial score (nSPS) is 18.7. The van der Waals surface area contributed by atoms with E-state index >= 15 is 0 Å². The highest BCUT2D eigenvalue weighted by Gasteiger charge is 2.15. The zero-order valence-electron chi connectivity index (χ0n) is 11.9. The third-order valence-electron chi connectivity index (χ3n) is 4.10. The van der Waals surface area contributed by atoms with Gasteiger partial charge in [-0.25, -0.2) is 8.78 Å². The summed E-state index contributed by atoms with van der Waals surface area (Å²) in [4.78, 5) is 0. The lowest BCUT2D eigenvalue weighted by Gasteiger charge is -2.23. The molecular weight excluding hydrogens is 268 g/mol. The molecule has 0 aromatic heterocycles. The van der Waals surface area contributed by atoms with Gasteiger partial charge < -0.3 is 5.32 Å². The second-order valence-corrected chi connectivity index (χ2v) is 5.66. The summed E-state index contributed by atoms with van der Waals surface area (Å²) >= 11 is 0. The second kappa shape index (κ2) is 6.35. The predicted octanol–water partition coefficient (Wildman–Crippen LogP) is 4.32. The van der Waals surface area contributed by atoms with E-state index in [0.29, 0.717) is 12.5 Å². The Labute approximate surface area is 124 Å². The van der Waals surface area contributed by atoms with Gasteiger partial charge in [-0.15, -0.1) is 0 Å². The van der Waals surface area contributed by atoms with E-state index in [4.69, 9.17) is 0 Å². The summed E-state index contributed by atoms with van der Waals surface area (Å²) in [5.74, 6) is -0.416. The number of hydrogen-bond acceptors (Lipinski definition) is 1. The first-order valence-electron chi connectivity index (χ1n) is 7.50. The minimum Gasteiger partial charge on any atom is -0.314 e. The summed E-state index contributed by atoms with van der Waals surface area (Å²) < 4.78 is 27.0. The Balaban J connectivity index is 1.83. The lowest BCUT2D eigenvalue weighted by Crippen LogP contribution is -2.35. The summed E-state index contributed by atoms with van der Waals surface area (Å²) in [7, 11) is 0. The average Bonchev–Trinajstić information content (AvgIpc) is 2.51. The van der Waals surface area contributed by atoms with Crippen molar-refractivity contribution >= 4 is 0 Å². The van der Waals surface area contributed by atoms with Crippen LogP contribution < -0.4 is 5.32 Å². The van der Waals surface area contributed by atoms with E-state index in [1.807, 2.05) is 6.07 Å². The molecule has 21 heavy (non-hydrogen) atoms. The Morgan fingerprint density at radius 3 is 2.43 bits per heavy atom. The Bertz CT molecular complexity index is 601. The first-order chi connectivity index (χ1) is 10.2. The highest BCUT2D eigenvalue weighted by molar-refractivity contribution is 5.64. The molecule has 1 aliphatic rings. The van der Waals surface area contributed by atoms with Crippen molar-refractivity contribution in [2.45, 2.75) is 31.7 Å². The van der Waals surface area contributed by atoms with Gasteiger partial charge in [0.1, 0.15) is 11.6 Å². The van der Waals surface area contributed by atoms with Gasteiger partial charge in [0.15, 0.2) is 0 Å². The molecule has 1 fully saturated rings. The Hall–Kier alpha value is -1.74. The molecule has 3 rings (SSSR count). The quantitative estimate of drug-likeness (QED) is 0.886. The van der Waals surface area contributed by atoms with E-state index < -0.39 is 0 Å². The molecule has 3 heteroatoms. The molecular formula is C18H19F2N. The van der Waals surface area contributed by atoms with Crippen molar-refractivity contribution in [1.82, 2.24) is 5.32 Å². The molecule has 1 saturated heterocycles. The molecule has 0 aliphatic carbocycles. The molecule has 1 unspecified atom stereocenters. The van der Waals surface area contributed by atoms with E-state index in [-0.39, 0.29) is 11.6 Å². The van der Waals surface area contributed by atoms with E-state index in [0.717, 1.165) is 29.7 Å². The lowest BCUT2D eigenvalue weighted by atomic mass is 9.95. The van der Waals surface area contributed by atoms with Crippen LogP contribution in [0.4, 0.5) is 8.78 Å². The number of benzene rings is 2. The molecule has 1 heterocycles. The van der Waals surface area contributed by atoms with Crippen LogP contribution in [-0.2, 0) is 6.42 Å². The summed E-state index contributed by atoms with van der Waals surface area (Å²) in [6.07, 6.45) is 4.21. The number of nitrogens with one attached hydrogen (secondary N) is 1. The Kier molecular flexibility index (Phi) is 4.30. The molecule has 1 aliphatic heterocycles. The molecule has 0 spiro atoms. The van der Waals surface area contributed by atoms with Gasteiger partial charge in [0.2, 0.25) is 0 Å². The summed E-state index contributed by atoms with van der Waals surface area (Å²) in [6, 6.07) is 11.8. The predicted molar refractivity (Wildman–Crippen MR) is 81.1 cm³/mol. The highest BCUT2D eigenvalue weighted by atomic mass is 19.1. The number of hydrogen-bond donors (Lipinski definition) is 1. The number of piperidine rings is 1. The van der Waals surface area contributed by atoms with Gasteiger partial charge in [-0.3, -0.25) is 0 Å². The van der Waals surface area contributed by atoms with Crippen molar-refractivity contribution in [3.63, 3.8) is 0 Å². The van der Waals surface area contributed by atoms with Crippen molar-refractivity contribution < 1.29 is 8.78 Å². The fourth-order valence-corrected chi connectivity index (χ4v) is 2.92. The van der Waals surface area contributed by atoms with E-state index in [1.54, 1.807) is 18.2 Å². The largest absolute Gasteiger partial charge is 0.314 e. The first kappa shape index (κ1) is 14.2. The van der Waals surface area contributed by atoms with Crippen molar-refractivity contribution in [3.8, 4) is 11.1 Å². The molecule has 0 amide bonds. The highest BCUT2D eigenvalue weighted by Crippen LogP contribution is 2.24. The zero-order valence-corrected chi connectivity index (χ0v) is 11.9. The smallest absolute Gasteiger partial charge is 0.126 e. The van der Waals surface area contributed by atoms with Crippen LogP contribution in [0.5, 0.6) is 0 Å². The molecule has 1 N–H and O–H groups in total. The van der Waals surface area contributed by atoms with Gasteiger partial charge in [0, 0.05) is 6.04 Å². The van der Waals surface area contributed by atoms with Crippen molar-refractivity contribution in [2.24, 2.45) is 0 Å². The van der Waals surface area contributed by atoms with Gasteiger partial charge >= 0.3 is 0 Å². The van der Waals surface area contributed by atoms with E-state index in [1.165, 1.54) is 31.0 Å². The van der Waals surface area contributed by atoms with Crippen LogP contribution in [0.15, 0.2) is 42.5 Å². The third kappa shape index (κ3) is 3.48. The van der Waals surface area contributed by atoms with E-state index in [9.17, 15) is 8.78 Å². The van der Waals surface area contributed by atoms with Crippen molar-refractivity contribution in [1.29, 1.82) is 0 Å². The first-order valence-corrected chi connectivity index (χ1v) is 7.50. The maximum atomic E-state index is 14.0. The third-order valence-corrected chi connectivity index (χ3v) is 4.10. The Morgan fingerprint density at radius 1 is 0.952 bits per heavy atom. The Morgan fingerprint density at radius 2 is 1.71 bits per heavy atom. The zero-order chi connectivity index (χ0) is 14.7. The fourth-order valence-electron chi connectivity index (χ4n) is 2.92. The monoisotopic (exact) mass is 287 g/mol. The molecule has 1 atom stereocenters. The second-order valence-electron chi connectivity index (χ2n) is 5.66. The molecule has 0 radical (unpaired) electrons. The topological polar surface area (TPSA) is 12.0 Å². The minimum absolute atomic E-state index is 0.159. The van der Waals surface area contributed by atoms with Gasteiger partial charge in [-0.2, -0.15) is 0 Å². The molecule has 2 aromatic carbocycles. The molecule has 1 nitrogen and oxygen atoms in total. The molecule has 0 bridgehead atoms. The summed E-state index contributed by atoms with van der Waals surface area (Å²) in [6.45, 7) is 1.02. The molecule has 2 aromatic rings. The number of rotatable bonds is 3. The SMILES string of the molecule is Fc1ccc(-c2ccc(F)c(CC3CCCCN3)c2)cc1. The maximum absolute atomic E-state index is 14.0. The van der Waals surface area contributed by atoms with Crippen LogP contribution in [0.2, 0.25) is 0 Å². The maximum Gasteiger partial charge on any atom is 0.126 e. The van der Waals surface area contributed by atoms with Gasteiger partial charge in [-0.05, 0) is 66.8 Å². The van der Waals surface area contributed by atoms with Crippen LogP contribution >= 0.6 is 0 Å². The van der Waals surface area contributed by atoms with Crippen molar-refractivity contribution in [3.05, 3.63) is 59.7 Å². The van der Waals surface area contributed by atoms with Gasteiger partial charge in [-0.1, -0.05) is 24.6 Å².